The molecule has 9 heteroatoms. The molecule has 0 saturated carbocycles. The van der Waals surface area contributed by atoms with Crippen LogP contribution in [0.5, 0.6) is 0 Å². The maximum atomic E-state index is 13.1. The third kappa shape index (κ3) is 4.73. The number of nitrogens with zero attached hydrogens (tertiary/aromatic N) is 3. The van der Waals surface area contributed by atoms with Crippen molar-refractivity contribution in [3.8, 4) is 0 Å². The molecule has 184 valence electrons. The number of carbonyl (C=O) groups is 1. The first-order valence-corrected chi connectivity index (χ1v) is 11.6. The number of carbonyl (C=O) groups excluding carboxylic acids is 1. The molecular weight excluding hydrogens is 467 g/mol. The van der Waals surface area contributed by atoms with E-state index < -0.39 is 11.7 Å². The van der Waals surface area contributed by atoms with Gasteiger partial charge in [-0.25, -0.2) is 4.98 Å². The van der Waals surface area contributed by atoms with Gasteiger partial charge in [0.05, 0.1) is 11.1 Å². The smallest absolute Gasteiger partial charge is 0.369 e. The zero-order valence-corrected chi connectivity index (χ0v) is 19.8. The van der Waals surface area contributed by atoms with Gasteiger partial charge in [0.15, 0.2) is 0 Å². The van der Waals surface area contributed by atoms with Crippen LogP contribution in [0.3, 0.4) is 0 Å². The fourth-order valence-corrected chi connectivity index (χ4v) is 4.59. The number of alkyl halides is 3. The fraction of sp³-hybridized carbons (Fsp3) is 0.259. The predicted octanol–water partition coefficient (Wildman–Crippen LogP) is 5.15. The van der Waals surface area contributed by atoms with Crippen LogP contribution in [0.2, 0.25) is 0 Å². The molecule has 4 aromatic rings. The summed E-state index contributed by atoms with van der Waals surface area (Å²) in [6.45, 7) is 5.24. The average molecular weight is 492 g/mol. The van der Waals surface area contributed by atoms with Crippen molar-refractivity contribution in [2.45, 2.75) is 39.4 Å². The number of aryl methyl sites for hydroxylation is 1. The summed E-state index contributed by atoms with van der Waals surface area (Å²) in [4.78, 5) is 25.8. The maximum Gasteiger partial charge on any atom is 0.417 e. The van der Waals surface area contributed by atoms with Gasteiger partial charge in [0, 0.05) is 54.2 Å². The second-order valence-electron chi connectivity index (χ2n) is 8.95. The molecule has 6 nitrogen and oxygen atoms in total. The molecule has 1 amide bonds. The highest BCUT2D eigenvalue weighted by molar-refractivity contribution is 5.94. The summed E-state index contributed by atoms with van der Waals surface area (Å²) < 4.78 is 39.2. The SMILES string of the molecule is Cc1nc2c(c(C)c1CNC(=O)c1ccnc(Cc3ccc4ncc(C(F)(F)F)cc4c3)c1)CCN2. The fourth-order valence-electron chi connectivity index (χ4n) is 4.59. The van der Waals surface area contributed by atoms with E-state index >= 15 is 0 Å². The van der Waals surface area contributed by atoms with E-state index in [0.717, 1.165) is 53.4 Å². The molecule has 0 atom stereocenters. The van der Waals surface area contributed by atoms with Crippen molar-refractivity contribution in [3.05, 3.63) is 93.6 Å². The number of halogens is 3. The van der Waals surface area contributed by atoms with Crippen LogP contribution >= 0.6 is 0 Å². The molecule has 1 aromatic carbocycles. The van der Waals surface area contributed by atoms with Gasteiger partial charge in [0.25, 0.3) is 5.91 Å². The van der Waals surface area contributed by atoms with Gasteiger partial charge in [-0.2, -0.15) is 13.2 Å². The molecule has 0 saturated heterocycles. The van der Waals surface area contributed by atoms with Crippen LogP contribution in [0.4, 0.5) is 19.0 Å². The highest BCUT2D eigenvalue weighted by Gasteiger charge is 2.31. The van der Waals surface area contributed by atoms with E-state index in [1.54, 1.807) is 36.5 Å². The summed E-state index contributed by atoms with van der Waals surface area (Å²) in [6.07, 6.45) is -0.763. The highest BCUT2D eigenvalue weighted by Crippen LogP contribution is 2.31. The molecule has 0 bridgehead atoms. The Morgan fingerprint density at radius 2 is 1.94 bits per heavy atom. The Hall–Kier alpha value is -4.01. The first kappa shape index (κ1) is 23.7. The topological polar surface area (TPSA) is 79.8 Å². The summed E-state index contributed by atoms with van der Waals surface area (Å²) in [7, 11) is 0. The summed E-state index contributed by atoms with van der Waals surface area (Å²) in [5.41, 5.74) is 5.82. The van der Waals surface area contributed by atoms with Gasteiger partial charge in [-0.05, 0) is 72.9 Å². The van der Waals surface area contributed by atoms with Crippen molar-refractivity contribution in [2.24, 2.45) is 0 Å². The van der Waals surface area contributed by atoms with Crippen LogP contribution in [0.25, 0.3) is 10.9 Å². The first-order valence-electron chi connectivity index (χ1n) is 11.6. The molecule has 36 heavy (non-hydrogen) atoms. The van der Waals surface area contributed by atoms with Crippen molar-refractivity contribution < 1.29 is 18.0 Å². The molecule has 1 aliphatic rings. The number of amides is 1. The molecular formula is C27H24F3N5O. The maximum absolute atomic E-state index is 13.1. The van der Waals surface area contributed by atoms with Crippen molar-refractivity contribution in [1.29, 1.82) is 0 Å². The molecule has 0 spiro atoms. The minimum absolute atomic E-state index is 0.228. The number of pyridine rings is 3. The summed E-state index contributed by atoms with van der Waals surface area (Å²) in [5, 5.41) is 6.67. The van der Waals surface area contributed by atoms with E-state index in [1.165, 1.54) is 5.56 Å². The van der Waals surface area contributed by atoms with Gasteiger partial charge in [0.2, 0.25) is 0 Å². The first-order chi connectivity index (χ1) is 17.2. The second-order valence-corrected chi connectivity index (χ2v) is 8.95. The molecule has 0 unspecified atom stereocenters. The zero-order valence-electron chi connectivity index (χ0n) is 19.8. The van der Waals surface area contributed by atoms with Gasteiger partial charge < -0.3 is 10.6 Å². The molecule has 0 fully saturated rings. The van der Waals surface area contributed by atoms with E-state index in [2.05, 4.69) is 32.5 Å². The monoisotopic (exact) mass is 491 g/mol. The Morgan fingerprint density at radius 3 is 2.75 bits per heavy atom. The lowest BCUT2D eigenvalue weighted by atomic mass is 10.0. The van der Waals surface area contributed by atoms with Crippen LogP contribution in [-0.2, 0) is 25.6 Å². The minimum atomic E-state index is -4.45. The standard InChI is InChI=1S/C27H24F3N5O/c1-15-22-6-8-32-25(22)35-16(2)23(15)14-34-26(36)18-5-7-31-21(12-18)10-17-3-4-24-19(9-17)11-20(13-33-24)27(28,29)30/h3-5,7,9,11-13H,6,8,10,14H2,1-2H3,(H,32,35)(H,34,36). The Balaban J connectivity index is 1.31. The van der Waals surface area contributed by atoms with Crippen LogP contribution in [0, 0.1) is 13.8 Å². The van der Waals surface area contributed by atoms with E-state index in [1.807, 2.05) is 6.92 Å². The molecule has 4 heterocycles. The largest absolute Gasteiger partial charge is 0.417 e. The molecule has 0 aliphatic carbocycles. The van der Waals surface area contributed by atoms with E-state index in [-0.39, 0.29) is 5.91 Å². The zero-order chi connectivity index (χ0) is 25.4. The number of nitrogens with one attached hydrogen (secondary N) is 2. The summed E-state index contributed by atoms with van der Waals surface area (Å²) in [6, 6.07) is 9.60. The Labute approximate surface area is 206 Å². The van der Waals surface area contributed by atoms with E-state index in [4.69, 9.17) is 0 Å². The van der Waals surface area contributed by atoms with Crippen LogP contribution in [-0.4, -0.2) is 27.4 Å². The third-order valence-corrected chi connectivity index (χ3v) is 6.54. The van der Waals surface area contributed by atoms with Crippen molar-refractivity contribution in [2.75, 3.05) is 11.9 Å². The lowest BCUT2D eigenvalue weighted by Gasteiger charge is -2.14. The number of benzene rings is 1. The van der Waals surface area contributed by atoms with Gasteiger partial charge in [-0.3, -0.25) is 14.8 Å². The van der Waals surface area contributed by atoms with Crippen molar-refractivity contribution in [3.63, 3.8) is 0 Å². The normalized spacial score (nSPS) is 12.9. The van der Waals surface area contributed by atoms with Gasteiger partial charge in [0.1, 0.15) is 5.82 Å². The molecule has 0 radical (unpaired) electrons. The number of rotatable bonds is 5. The van der Waals surface area contributed by atoms with Crippen LogP contribution < -0.4 is 10.6 Å². The van der Waals surface area contributed by atoms with E-state index in [9.17, 15) is 18.0 Å². The van der Waals surface area contributed by atoms with Crippen LogP contribution in [0.15, 0.2) is 48.8 Å². The van der Waals surface area contributed by atoms with E-state index in [0.29, 0.717) is 35.1 Å². The molecule has 2 N–H and O–H groups in total. The van der Waals surface area contributed by atoms with Gasteiger partial charge in [-0.15, -0.1) is 0 Å². The number of fused-ring (bicyclic) bond motifs is 2. The minimum Gasteiger partial charge on any atom is -0.369 e. The average Bonchev–Trinajstić information content (AvgIpc) is 3.31. The lowest BCUT2D eigenvalue weighted by molar-refractivity contribution is -0.137. The lowest BCUT2D eigenvalue weighted by Crippen LogP contribution is -2.24. The van der Waals surface area contributed by atoms with Crippen molar-refractivity contribution in [1.82, 2.24) is 20.3 Å². The Morgan fingerprint density at radius 1 is 1.11 bits per heavy atom. The third-order valence-electron chi connectivity index (χ3n) is 6.54. The number of hydrogen-bond donors (Lipinski definition) is 2. The predicted molar refractivity (Wildman–Crippen MR) is 131 cm³/mol. The Kier molecular flexibility index (Phi) is 6.07. The molecule has 3 aromatic heterocycles. The molecule has 5 rings (SSSR count). The van der Waals surface area contributed by atoms with Gasteiger partial charge in [-0.1, -0.05) is 6.07 Å². The molecule has 1 aliphatic heterocycles. The van der Waals surface area contributed by atoms with Crippen molar-refractivity contribution >= 4 is 22.6 Å². The Bertz CT molecular complexity index is 1480. The van der Waals surface area contributed by atoms with Gasteiger partial charge >= 0.3 is 6.18 Å². The number of anilines is 1. The number of aromatic nitrogens is 3. The highest BCUT2D eigenvalue weighted by atomic mass is 19.4. The summed E-state index contributed by atoms with van der Waals surface area (Å²) in [5.74, 6) is 0.701. The van der Waals surface area contributed by atoms with Crippen LogP contribution in [0.1, 0.15) is 49.6 Å². The second kappa shape index (κ2) is 9.22. The quantitative estimate of drug-likeness (QED) is 0.404. The number of hydrogen-bond acceptors (Lipinski definition) is 5. The summed E-state index contributed by atoms with van der Waals surface area (Å²) >= 11 is 0.